The quantitative estimate of drug-likeness (QED) is 0.662. The number of hydrogen-bond acceptors (Lipinski definition) is 2. The minimum atomic E-state index is -0.328. The van der Waals surface area contributed by atoms with Crippen LogP contribution in [0.5, 0.6) is 0 Å². The standard InChI is InChI=1S/C16H26O2/c1-16(2,3)18-15(17)14-9-10-8-13(14)12-7-5-4-6-11(10)12/h10-14H,4-9H2,1-3H3. The summed E-state index contributed by atoms with van der Waals surface area (Å²) in [5.41, 5.74) is -0.328. The number of rotatable bonds is 1. The maximum absolute atomic E-state index is 12.3. The Morgan fingerprint density at radius 2 is 1.67 bits per heavy atom. The van der Waals surface area contributed by atoms with E-state index in [4.69, 9.17) is 4.74 Å². The summed E-state index contributed by atoms with van der Waals surface area (Å²) in [5, 5.41) is 0. The molecule has 2 heteroatoms. The van der Waals surface area contributed by atoms with Crippen molar-refractivity contribution in [3.63, 3.8) is 0 Å². The second-order valence-electron chi connectivity index (χ2n) is 7.65. The van der Waals surface area contributed by atoms with Crippen LogP contribution in [-0.4, -0.2) is 11.6 Å². The van der Waals surface area contributed by atoms with Crippen molar-refractivity contribution < 1.29 is 9.53 Å². The molecule has 0 aromatic heterocycles. The molecule has 3 fully saturated rings. The van der Waals surface area contributed by atoms with Gasteiger partial charge < -0.3 is 4.74 Å². The van der Waals surface area contributed by atoms with Crippen LogP contribution in [0.2, 0.25) is 0 Å². The van der Waals surface area contributed by atoms with Crippen LogP contribution in [0.4, 0.5) is 0 Å². The number of carbonyl (C=O) groups is 1. The maximum Gasteiger partial charge on any atom is 0.309 e. The summed E-state index contributed by atoms with van der Waals surface area (Å²) in [5.74, 6) is 3.57. The number of ether oxygens (including phenoxy) is 1. The lowest BCUT2D eigenvalue weighted by Crippen LogP contribution is -2.37. The van der Waals surface area contributed by atoms with Gasteiger partial charge in [-0.25, -0.2) is 0 Å². The first kappa shape index (κ1) is 12.5. The smallest absolute Gasteiger partial charge is 0.309 e. The molecule has 3 aliphatic carbocycles. The summed E-state index contributed by atoms with van der Waals surface area (Å²) in [6, 6.07) is 0. The van der Waals surface area contributed by atoms with Gasteiger partial charge in [0.2, 0.25) is 0 Å². The van der Waals surface area contributed by atoms with Crippen molar-refractivity contribution in [3.8, 4) is 0 Å². The molecule has 5 unspecified atom stereocenters. The summed E-state index contributed by atoms with van der Waals surface area (Å²) in [6.45, 7) is 5.92. The molecule has 0 N–H and O–H groups in total. The van der Waals surface area contributed by atoms with Crippen LogP contribution in [-0.2, 0) is 9.53 Å². The Kier molecular flexibility index (Phi) is 2.95. The van der Waals surface area contributed by atoms with Gasteiger partial charge in [-0.05, 0) is 70.1 Å². The van der Waals surface area contributed by atoms with Crippen LogP contribution in [0.3, 0.4) is 0 Å². The molecule has 102 valence electrons. The Labute approximate surface area is 110 Å². The third kappa shape index (κ3) is 2.08. The van der Waals surface area contributed by atoms with Gasteiger partial charge in [0.1, 0.15) is 5.60 Å². The van der Waals surface area contributed by atoms with E-state index < -0.39 is 0 Å². The molecule has 0 radical (unpaired) electrons. The summed E-state index contributed by atoms with van der Waals surface area (Å²) in [7, 11) is 0. The highest BCUT2D eigenvalue weighted by atomic mass is 16.6. The first-order valence-corrected chi connectivity index (χ1v) is 7.68. The monoisotopic (exact) mass is 250 g/mol. The highest BCUT2D eigenvalue weighted by Crippen LogP contribution is 2.60. The van der Waals surface area contributed by atoms with Crippen molar-refractivity contribution in [2.45, 2.75) is 64.9 Å². The van der Waals surface area contributed by atoms with E-state index in [-0.39, 0.29) is 17.5 Å². The van der Waals surface area contributed by atoms with Gasteiger partial charge >= 0.3 is 5.97 Å². The molecule has 2 nitrogen and oxygen atoms in total. The SMILES string of the molecule is CC(C)(C)OC(=O)C1CC2CC1C1CCCCC21. The Morgan fingerprint density at radius 1 is 1.00 bits per heavy atom. The van der Waals surface area contributed by atoms with E-state index in [1.807, 2.05) is 20.8 Å². The molecule has 2 bridgehead atoms. The largest absolute Gasteiger partial charge is 0.460 e. The molecule has 3 saturated carbocycles. The number of hydrogen-bond donors (Lipinski definition) is 0. The second kappa shape index (κ2) is 4.25. The average molecular weight is 250 g/mol. The first-order chi connectivity index (χ1) is 8.46. The van der Waals surface area contributed by atoms with Gasteiger partial charge in [0.15, 0.2) is 0 Å². The predicted octanol–water partition coefficient (Wildman–Crippen LogP) is 3.79. The lowest BCUT2D eigenvalue weighted by molar-refractivity contribution is -0.163. The Balaban J connectivity index is 1.69. The zero-order valence-corrected chi connectivity index (χ0v) is 11.9. The van der Waals surface area contributed by atoms with E-state index in [2.05, 4.69) is 0 Å². The average Bonchev–Trinajstić information content (AvgIpc) is 2.85. The zero-order valence-electron chi connectivity index (χ0n) is 11.9. The summed E-state index contributed by atoms with van der Waals surface area (Å²) in [4.78, 5) is 12.3. The highest BCUT2D eigenvalue weighted by Gasteiger charge is 2.55. The molecule has 0 aromatic rings. The van der Waals surface area contributed by atoms with Crippen molar-refractivity contribution in [1.82, 2.24) is 0 Å². The molecule has 0 spiro atoms. The van der Waals surface area contributed by atoms with E-state index in [0.717, 1.165) is 24.2 Å². The third-order valence-electron chi connectivity index (χ3n) is 5.39. The van der Waals surface area contributed by atoms with Crippen molar-refractivity contribution in [1.29, 1.82) is 0 Å². The third-order valence-corrected chi connectivity index (χ3v) is 5.39. The van der Waals surface area contributed by atoms with Crippen LogP contribution < -0.4 is 0 Å². The van der Waals surface area contributed by atoms with Gasteiger partial charge in [0.05, 0.1) is 5.92 Å². The van der Waals surface area contributed by atoms with Crippen LogP contribution in [0.1, 0.15) is 59.3 Å². The second-order valence-corrected chi connectivity index (χ2v) is 7.65. The van der Waals surface area contributed by atoms with Gasteiger partial charge in [-0.1, -0.05) is 12.8 Å². The van der Waals surface area contributed by atoms with Gasteiger partial charge in [-0.2, -0.15) is 0 Å². The highest BCUT2D eigenvalue weighted by molar-refractivity contribution is 5.74. The van der Waals surface area contributed by atoms with E-state index in [9.17, 15) is 4.79 Å². The Morgan fingerprint density at radius 3 is 2.33 bits per heavy atom. The fourth-order valence-electron chi connectivity index (χ4n) is 4.89. The molecule has 0 aromatic carbocycles. The van der Waals surface area contributed by atoms with Gasteiger partial charge in [0, 0.05) is 0 Å². The fourth-order valence-corrected chi connectivity index (χ4v) is 4.89. The normalized spacial score (nSPS) is 42.7. The summed E-state index contributed by atoms with van der Waals surface area (Å²) >= 11 is 0. The van der Waals surface area contributed by atoms with Gasteiger partial charge in [-0.3, -0.25) is 4.79 Å². The molecule has 3 rings (SSSR count). The van der Waals surface area contributed by atoms with Crippen molar-refractivity contribution >= 4 is 5.97 Å². The molecular formula is C16H26O2. The topological polar surface area (TPSA) is 26.3 Å². The molecule has 5 atom stereocenters. The molecule has 3 aliphatic rings. The maximum atomic E-state index is 12.3. The van der Waals surface area contributed by atoms with Crippen LogP contribution in [0.15, 0.2) is 0 Å². The minimum absolute atomic E-state index is 0.0824. The van der Waals surface area contributed by atoms with Crippen molar-refractivity contribution in [2.75, 3.05) is 0 Å². The van der Waals surface area contributed by atoms with Crippen LogP contribution in [0.25, 0.3) is 0 Å². The molecule has 18 heavy (non-hydrogen) atoms. The lowest BCUT2D eigenvalue weighted by atomic mass is 9.67. The van der Waals surface area contributed by atoms with E-state index in [1.165, 1.54) is 32.1 Å². The van der Waals surface area contributed by atoms with E-state index in [1.54, 1.807) is 0 Å². The van der Waals surface area contributed by atoms with Crippen LogP contribution in [0, 0.1) is 29.6 Å². The lowest BCUT2D eigenvalue weighted by Gasteiger charge is -2.38. The fraction of sp³-hybridized carbons (Fsp3) is 0.938. The molecule has 0 amide bonds. The first-order valence-electron chi connectivity index (χ1n) is 7.68. The molecule has 0 heterocycles. The molecular weight excluding hydrogens is 224 g/mol. The zero-order chi connectivity index (χ0) is 12.9. The van der Waals surface area contributed by atoms with Gasteiger partial charge in [0.25, 0.3) is 0 Å². The van der Waals surface area contributed by atoms with E-state index >= 15 is 0 Å². The van der Waals surface area contributed by atoms with Crippen molar-refractivity contribution in [3.05, 3.63) is 0 Å². The summed E-state index contributed by atoms with van der Waals surface area (Å²) in [6.07, 6.45) is 8.00. The summed E-state index contributed by atoms with van der Waals surface area (Å²) < 4.78 is 5.62. The van der Waals surface area contributed by atoms with Gasteiger partial charge in [-0.15, -0.1) is 0 Å². The van der Waals surface area contributed by atoms with Crippen LogP contribution >= 0.6 is 0 Å². The molecule has 0 aliphatic heterocycles. The van der Waals surface area contributed by atoms with Crippen molar-refractivity contribution in [2.24, 2.45) is 29.6 Å². The van der Waals surface area contributed by atoms with E-state index in [0.29, 0.717) is 5.92 Å². The molecule has 0 saturated heterocycles. The minimum Gasteiger partial charge on any atom is -0.460 e. The number of carbonyl (C=O) groups excluding carboxylic acids is 1. The Hall–Kier alpha value is -0.530. The number of esters is 1. The Bertz CT molecular complexity index is 341. The number of fused-ring (bicyclic) bond motifs is 5. The predicted molar refractivity (Wildman–Crippen MR) is 71.0 cm³/mol.